The van der Waals surface area contributed by atoms with E-state index in [9.17, 15) is 0 Å². The summed E-state index contributed by atoms with van der Waals surface area (Å²) in [4.78, 5) is 0. The summed E-state index contributed by atoms with van der Waals surface area (Å²) in [6.07, 6.45) is 5.06. The van der Waals surface area contributed by atoms with Crippen LogP contribution in [0.15, 0.2) is 28.9 Å². The second-order valence-electron chi connectivity index (χ2n) is 5.44. The number of aromatic nitrogens is 2. The molecule has 3 rings (SSSR count). The number of rotatable bonds is 6. The Labute approximate surface area is 123 Å². The average molecular weight is 291 g/mol. The van der Waals surface area contributed by atoms with Crippen LogP contribution in [-0.2, 0) is 24.9 Å². The third-order valence-corrected chi connectivity index (χ3v) is 3.85. The minimum Gasteiger partial charge on any atom is -0.462 e. The normalized spacial score (nSPS) is 22.0. The molecule has 2 atom stereocenters. The van der Waals surface area contributed by atoms with Crippen LogP contribution < -0.4 is 5.32 Å². The number of ether oxygens (including phenoxy) is 1. The zero-order valence-corrected chi connectivity index (χ0v) is 12.2. The number of nitrogens with zero attached hydrogens (tertiary/aromatic N) is 2. The van der Waals surface area contributed by atoms with Crippen molar-refractivity contribution in [2.75, 3.05) is 13.2 Å². The van der Waals surface area contributed by atoms with Crippen LogP contribution >= 0.6 is 0 Å². The highest BCUT2D eigenvalue weighted by Gasteiger charge is 2.30. The molecule has 1 aliphatic heterocycles. The molecule has 0 aliphatic carbocycles. The Balaban J connectivity index is 1.52. The van der Waals surface area contributed by atoms with Crippen molar-refractivity contribution in [1.29, 1.82) is 0 Å². The first-order valence-corrected chi connectivity index (χ1v) is 7.25. The first-order chi connectivity index (χ1) is 10.3. The first-order valence-electron chi connectivity index (χ1n) is 7.25. The molecule has 2 aromatic heterocycles. The van der Waals surface area contributed by atoms with Gasteiger partial charge < -0.3 is 19.6 Å². The fourth-order valence-corrected chi connectivity index (χ4v) is 2.78. The molecule has 0 amide bonds. The van der Waals surface area contributed by atoms with Gasteiger partial charge in [-0.2, -0.15) is 5.10 Å². The smallest absolute Gasteiger partial charge is 0.129 e. The molecule has 2 aromatic rings. The topological polar surface area (TPSA) is 72.5 Å². The number of nitrogens with one attached hydrogen (secondary N) is 1. The maximum absolute atomic E-state index is 8.97. The zero-order valence-electron chi connectivity index (χ0n) is 12.2. The molecule has 6 nitrogen and oxygen atoms in total. The minimum atomic E-state index is -0.0560. The van der Waals surface area contributed by atoms with Crippen molar-refractivity contribution in [3.8, 4) is 0 Å². The van der Waals surface area contributed by atoms with E-state index in [2.05, 4.69) is 10.4 Å². The Hall–Kier alpha value is -1.63. The number of hydrogen-bond acceptors (Lipinski definition) is 5. The quantitative estimate of drug-likeness (QED) is 0.841. The Morgan fingerprint density at radius 1 is 1.43 bits per heavy atom. The van der Waals surface area contributed by atoms with Crippen LogP contribution in [0.2, 0.25) is 0 Å². The highest BCUT2D eigenvalue weighted by Crippen LogP contribution is 2.33. The Morgan fingerprint density at radius 3 is 3.00 bits per heavy atom. The van der Waals surface area contributed by atoms with Crippen molar-refractivity contribution in [1.82, 2.24) is 15.1 Å². The molecule has 0 radical (unpaired) electrons. The standard InChI is InChI=1S/C15H21N3O3/c1-18-9-12(7-17-18)15-11(4-5-20-15)6-16-8-13-2-3-14(10-19)21-13/h2-3,7,9,11,15-16,19H,4-6,8,10H2,1H3/t11-,15+/m1/s1. The van der Waals surface area contributed by atoms with E-state index in [1.165, 1.54) is 0 Å². The van der Waals surface area contributed by atoms with Gasteiger partial charge in [0.2, 0.25) is 0 Å². The third-order valence-electron chi connectivity index (χ3n) is 3.85. The first kappa shape index (κ1) is 14.3. The molecule has 21 heavy (non-hydrogen) atoms. The second kappa shape index (κ2) is 6.43. The zero-order chi connectivity index (χ0) is 14.7. The lowest BCUT2D eigenvalue weighted by molar-refractivity contribution is 0.0902. The van der Waals surface area contributed by atoms with E-state index in [1.807, 2.05) is 25.5 Å². The summed E-state index contributed by atoms with van der Waals surface area (Å²) in [5, 5.41) is 16.6. The molecule has 1 aliphatic rings. The van der Waals surface area contributed by atoms with Gasteiger partial charge >= 0.3 is 0 Å². The largest absolute Gasteiger partial charge is 0.462 e. The summed E-state index contributed by atoms with van der Waals surface area (Å²) in [6, 6.07) is 3.69. The van der Waals surface area contributed by atoms with E-state index in [0.717, 1.165) is 30.9 Å². The average Bonchev–Trinajstić information content (AvgIpc) is 3.19. The summed E-state index contributed by atoms with van der Waals surface area (Å²) in [5.41, 5.74) is 1.14. The number of aliphatic hydroxyl groups excluding tert-OH is 1. The van der Waals surface area contributed by atoms with Gasteiger partial charge in [0.25, 0.3) is 0 Å². The van der Waals surface area contributed by atoms with Crippen molar-refractivity contribution in [2.45, 2.75) is 25.7 Å². The molecule has 0 spiro atoms. The Bertz CT molecular complexity index is 578. The van der Waals surface area contributed by atoms with Crippen LogP contribution in [0.3, 0.4) is 0 Å². The lowest BCUT2D eigenvalue weighted by Crippen LogP contribution is -2.24. The maximum atomic E-state index is 8.97. The molecule has 1 fully saturated rings. The van der Waals surface area contributed by atoms with Crippen molar-refractivity contribution in [2.24, 2.45) is 13.0 Å². The van der Waals surface area contributed by atoms with Gasteiger partial charge in [-0.15, -0.1) is 0 Å². The number of aliphatic hydroxyl groups is 1. The molecule has 0 saturated carbocycles. The van der Waals surface area contributed by atoms with Gasteiger partial charge in [-0.1, -0.05) is 0 Å². The lowest BCUT2D eigenvalue weighted by atomic mass is 9.97. The Morgan fingerprint density at radius 2 is 2.29 bits per heavy atom. The van der Waals surface area contributed by atoms with Crippen LogP contribution in [0.5, 0.6) is 0 Å². The maximum Gasteiger partial charge on any atom is 0.129 e. The highest BCUT2D eigenvalue weighted by atomic mass is 16.5. The number of furan rings is 1. The number of hydrogen-bond donors (Lipinski definition) is 2. The van der Waals surface area contributed by atoms with Gasteiger partial charge in [-0.05, 0) is 18.6 Å². The van der Waals surface area contributed by atoms with E-state index >= 15 is 0 Å². The van der Waals surface area contributed by atoms with Gasteiger partial charge in [0.05, 0.1) is 18.8 Å². The third kappa shape index (κ3) is 3.34. The number of aryl methyl sites for hydroxylation is 1. The highest BCUT2D eigenvalue weighted by molar-refractivity contribution is 5.11. The summed E-state index contributed by atoms with van der Waals surface area (Å²) in [5.74, 6) is 1.89. The van der Waals surface area contributed by atoms with Crippen LogP contribution in [0.4, 0.5) is 0 Å². The van der Waals surface area contributed by atoms with Crippen LogP contribution in [-0.4, -0.2) is 28.0 Å². The van der Waals surface area contributed by atoms with Gasteiger partial charge in [0.15, 0.2) is 0 Å². The van der Waals surface area contributed by atoms with Crippen molar-refractivity contribution >= 4 is 0 Å². The minimum absolute atomic E-state index is 0.0560. The van der Waals surface area contributed by atoms with E-state index in [4.69, 9.17) is 14.3 Å². The van der Waals surface area contributed by atoms with Crippen LogP contribution in [0.25, 0.3) is 0 Å². The molecular weight excluding hydrogens is 270 g/mol. The van der Waals surface area contributed by atoms with E-state index in [-0.39, 0.29) is 12.7 Å². The SMILES string of the molecule is Cn1cc([C@H]2OCC[C@@H]2CNCc2ccc(CO)o2)cn1. The van der Waals surface area contributed by atoms with Gasteiger partial charge in [-0.25, -0.2) is 0 Å². The van der Waals surface area contributed by atoms with E-state index in [0.29, 0.717) is 18.2 Å². The van der Waals surface area contributed by atoms with Gasteiger partial charge in [0, 0.05) is 37.9 Å². The molecule has 0 unspecified atom stereocenters. The summed E-state index contributed by atoms with van der Waals surface area (Å²) >= 11 is 0. The molecule has 3 heterocycles. The van der Waals surface area contributed by atoms with Gasteiger partial charge in [0.1, 0.15) is 18.1 Å². The predicted octanol–water partition coefficient (Wildman–Crippen LogP) is 1.37. The van der Waals surface area contributed by atoms with Crippen LogP contribution in [0, 0.1) is 5.92 Å². The molecular formula is C15H21N3O3. The lowest BCUT2D eigenvalue weighted by Gasteiger charge is -2.17. The van der Waals surface area contributed by atoms with Crippen molar-refractivity contribution in [3.63, 3.8) is 0 Å². The predicted molar refractivity (Wildman–Crippen MR) is 76.3 cm³/mol. The molecule has 114 valence electrons. The van der Waals surface area contributed by atoms with Gasteiger partial charge in [-0.3, -0.25) is 4.68 Å². The molecule has 0 aromatic carbocycles. The van der Waals surface area contributed by atoms with Crippen molar-refractivity contribution < 1.29 is 14.3 Å². The van der Waals surface area contributed by atoms with Crippen LogP contribution in [0.1, 0.15) is 29.6 Å². The summed E-state index contributed by atoms with van der Waals surface area (Å²) < 4.78 is 13.1. The van der Waals surface area contributed by atoms with E-state index < -0.39 is 0 Å². The summed E-state index contributed by atoms with van der Waals surface area (Å²) in [7, 11) is 1.92. The Kier molecular flexibility index (Phi) is 4.38. The summed E-state index contributed by atoms with van der Waals surface area (Å²) in [6.45, 7) is 2.27. The molecule has 2 N–H and O–H groups in total. The molecule has 0 bridgehead atoms. The monoisotopic (exact) mass is 291 g/mol. The molecule has 6 heteroatoms. The molecule has 1 saturated heterocycles. The van der Waals surface area contributed by atoms with Crippen molar-refractivity contribution in [3.05, 3.63) is 41.6 Å². The fraction of sp³-hybridized carbons (Fsp3) is 0.533. The second-order valence-corrected chi connectivity index (χ2v) is 5.44. The fourth-order valence-electron chi connectivity index (χ4n) is 2.78. The van der Waals surface area contributed by atoms with E-state index in [1.54, 1.807) is 10.7 Å².